The fourth-order valence-corrected chi connectivity index (χ4v) is 4.27. The molecule has 0 aliphatic heterocycles. The number of sulfone groups is 1. The van der Waals surface area contributed by atoms with E-state index in [0.29, 0.717) is 6.07 Å². The number of aromatic hydroxyl groups is 1. The molecule has 0 saturated heterocycles. The van der Waals surface area contributed by atoms with Crippen molar-refractivity contribution in [3.8, 4) is 5.75 Å². The van der Waals surface area contributed by atoms with Gasteiger partial charge in [-0.3, -0.25) is 0 Å². The van der Waals surface area contributed by atoms with Crippen LogP contribution in [0.2, 0.25) is 5.02 Å². The van der Waals surface area contributed by atoms with Gasteiger partial charge in [0.05, 0.1) is 23.4 Å². The molecule has 0 spiro atoms. The fraction of sp³-hybridized carbons (Fsp3) is 0.278. The highest BCUT2D eigenvalue weighted by Crippen LogP contribution is 2.35. The Morgan fingerprint density at radius 3 is 2.37 bits per heavy atom. The smallest absolute Gasteiger partial charge is 0.337 e. The molecule has 1 N–H and O–H groups in total. The summed E-state index contributed by atoms with van der Waals surface area (Å²) in [6.07, 6.45) is 0. The van der Waals surface area contributed by atoms with Gasteiger partial charge < -0.3 is 9.84 Å². The number of ether oxygens (including phenoxy) is 1. The van der Waals surface area contributed by atoms with E-state index in [1.807, 2.05) is 0 Å². The third-order valence-electron chi connectivity index (χ3n) is 3.92. The first-order valence-corrected chi connectivity index (χ1v) is 9.82. The molecule has 2 aromatic rings. The zero-order chi connectivity index (χ0) is 20.5. The highest BCUT2D eigenvalue weighted by atomic mass is 35.5. The molecule has 146 valence electrons. The summed E-state index contributed by atoms with van der Waals surface area (Å²) in [6, 6.07) is 3.71. The second kappa shape index (κ2) is 7.82. The summed E-state index contributed by atoms with van der Waals surface area (Å²) in [4.78, 5) is 11.0. The molecule has 0 saturated carbocycles. The number of carbonyl (C=O) groups is 1. The van der Waals surface area contributed by atoms with Crippen LogP contribution in [0.15, 0.2) is 29.2 Å². The second-order valence-corrected chi connectivity index (χ2v) is 8.54. The Balaban J connectivity index is 2.57. The van der Waals surface area contributed by atoms with Gasteiger partial charge in [-0.15, -0.1) is 0 Å². The first-order valence-electron chi connectivity index (χ1n) is 7.79. The van der Waals surface area contributed by atoms with E-state index in [1.54, 1.807) is 13.8 Å². The number of carbonyl (C=O) groups excluding carboxylic acids is 1. The van der Waals surface area contributed by atoms with Crippen LogP contribution in [0.5, 0.6) is 5.75 Å². The Morgan fingerprint density at radius 2 is 1.81 bits per heavy atom. The minimum Gasteiger partial charge on any atom is -0.505 e. The summed E-state index contributed by atoms with van der Waals surface area (Å²) in [5, 5.41) is 9.65. The molecule has 0 atom stereocenters. The van der Waals surface area contributed by atoms with Crippen molar-refractivity contribution >= 4 is 27.4 Å². The maximum Gasteiger partial charge on any atom is 0.337 e. The predicted molar refractivity (Wildman–Crippen MR) is 95.8 cm³/mol. The van der Waals surface area contributed by atoms with Gasteiger partial charge in [0.15, 0.2) is 15.6 Å². The van der Waals surface area contributed by atoms with Crippen LogP contribution in [0.25, 0.3) is 0 Å². The Bertz CT molecular complexity index is 1000. The van der Waals surface area contributed by atoms with Crippen molar-refractivity contribution in [1.82, 2.24) is 0 Å². The van der Waals surface area contributed by atoms with Crippen molar-refractivity contribution in [2.75, 3.05) is 7.11 Å². The SMILES string of the molecule is COC(=O)c1cc(Cl)c(O)c(S(=O)(=O)Cc2cc(C(C)C)c(F)cc2F)c1. The lowest BCUT2D eigenvalue weighted by molar-refractivity contribution is 0.0600. The molecule has 2 rings (SSSR count). The van der Waals surface area contributed by atoms with E-state index < -0.39 is 43.8 Å². The zero-order valence-corrected chi connectivity index (χ0v) is 16.3. The molecule has 0 unspecified atom stereocenters. The summed E-state index contributed by atoms with van der Waals surface area (Å²) >= 11 is 5.80. The van der Waals surface area contributed by atoms with E-state index in [4.69, 9.17) is 11.6 Å². The molecule has 9 heteroatoms. The number of benzene rings is 2. The van der Waals surface area contributed by atoms with Crippen molar-refractivity contribution in [3.05, 3.63) is 57.6 Å². The lowest BCUT2D eigenvalue weighted by Crippen LogP contribution is -2.10. The standard InChI is InChI=1S/C18H17ClF2O5S/c1-9(2)12-4-11(14(20)7-15(12)21)8-27(24,25)16-6-10(18(23)26-3)5-13(19)17(16)22/h4-7,9,22H,8H2,1-3H3. The highest BCUT2D eigenvalue weighted by molar-refractivity contribution is 7.90. The molecule has 0 amide bonds. The first-order chi connectivity index (χ1) is 12.5. The number of phenolic OH excluding ortho intramolecular Hbond substituents is 1. The van der Waals surface area contributed by atoms with Crippen LogP contribution in [-0.2, 0) is 20.3 Å². The predicted octanol–water partition coefficient (Wildman–Crippen LogP) is 4.21. The third-order valence-corrected chi connectivity index (χ3v) is 5.88. The molecule has 0 bridgehead atoms. The minimum absolute atomic E-state index is 0.159. The van der Waals surface area contributed by atoms with E-state index in [9.17, 15) is 27.1 Å². The van der Waals surface area contributed by atoms with Gasteiger partial charge in [0.2, 0.25) is 0 Å². The van der Waals surface area contributed by atoms with Crippen molar-refractivity contribution in [1.29, 1.82) is 0 Å². The quantitative estimate of drug-likeness (QED) is 0.736. The van der Waals surface area contributed by atoms with Gasteiger partial charge in [-0.1, -0.05) is 25.4 Å². The molecule has 0 fully saturated rings. The van der Waals surface area contributed by atoms with Gasteiger partial charge in [-0.05, 0) is 29.7 Å². The fourth-order valence-electron chi connectivity index (χ4n) is 2.50. The molecular formula is C18H17ClF2O5S. The summed E-state index contributed by atoms with van der Waals surface area (Å²) in [7, 11) is -3.22. The van der Waals surface area contributed by atoms with Gasteiger partial charge >= 0.3 is 5.97 Å². The molecule has 0 radical (unpaired) electrons. The van der Waals surface area contributed by atoms with Crippen LogP contribution in [0, 0.1) is 11.6 Å². The number of esters is 1. The van der Waals surface area contributed by atoms with Gasteiger partial charge in [-0.2, -0.15) is 0 Å². The third kappa shape index (κ3) is 4.39. The number of rotatable bonds is 5. The van der Waals surface area contributed by atoms with Crippen molar-refractivity contribution in [2.45, 2.75) is 30.4 Å². The Morgan fingerprint density at radius 1 is 1.19 bits per heavy atom. The molecule has 0 aromatic heterocycles. The van der Waals surface area contributed by atoms with E-state index in [-0.39, 0.29) is 27.6 Å². The lowest BCUT2D eigenvalue weighted by Gasteiger charge is -2.13. The van der Waals surface area contributed by atoms with Crippen LogP contribution in [0.3, 0.4) is 0 Å². The number of hydrogen-bond acceptors (Lipinski definition) is 5. The lowest BCUT2D eigenvalue weighted by atomic mass is 10.0. The zero-order valence-electron chi connectivity index (χ0n) is 14.7. The van der Waals surface area contributed by atoms with E-state index in [1.165, 1.54) is 0 Å². The van der Waals surface area contributed by atoms with E-state index >= 15 is 0 Å². The molecule has 27 heavy (non-hydrogen) atoms. The Hall–Kier alpha value is -2.19. The monoisotopic (exact) mass is 418 g/mol. The molecule has 5 nitrogen and oxygen atoms in total. The summed E-state index contributed by atoms with van der Waals surface area (Å²) in [5.41, 5.74) is -0.299. The van der Waals surface area contributed by atoms with Crippen LogP contribution < -0.4 is 0 Å². The molecule has 0 heterocycles. The van der Waals surface area contributed by atoms with Gasteiger partial charge in [-0.25, -0.2) is 22.0 Å². The number of methoxy groups -OCH3 is 1. The van der Waals surface area contributed by atoms with Gasteiger partial charge in [0.25, 0.3) is 0 Å². The van der Waals surface area contributed by atoms with Crippen LogP contribution >= 0.6 is 11.6 Å². The highest BCUT2D eigenvalue weighted by Gasteiger charge is 2.26. The van der Waals surface area contributed by atoms with Crippen LogP contribution in [-0.4, -0.2) is 26.6 Å². The number of halogens is 3. The van der Waals surface area contributed by atoms with E-state index in [0.717, 1.165) is 25.3 Å². The average Bonchev–Trinajstić information content (AvgIpc) is 2.58. The molecule has 2 aromatic carbocycles. The van der Waals surface area contributed by atoms with E-state index in [2.05, 4.69) is 4.74 Å². The summed E-state index contributed by atoms with van der Waals surface area (Å²) in [5.74, 6) is -4.58. The number of phenols is 1. The number of hydrogen-bond donors (Lipinski definition) is 1. The maximum absolute atomic E-state index is 14.1. The normalized spacial score (nSPS) is 11.7. The van der Waals surface area contributed by atoms with Gasteiger partial charge in [0, 0.05) is 11.6 Å². The largest absolute Gasteiger partial charge is 0.505 e. The maximum atomic E-state index is 14.1. The van der Waals surface area contributed by atoms with Crippen molar-refractivity contribution in [2.24, 2.45) is 0 Å². The van der Waals surface area contributed by atoms with Crippen LogP contribution in [0.1, 0.15) is 41.3 Å². The topological polar surface area (TPSA) is 80.7 Å². The molecule has 0 aliphatic rings. The Kier molecular flexibility index (Phi) is 6.11. The Labute approximate surface area is 160 Å². The van der Waals surface area contributed by atoms with Gasteiger partial charge in [0.1, 0.15) is 16.5 Å². The molecular weight excluding hydrogens is 402 g/mol. The second-order valence-electron chi connectivity index (χ2n) is 6.18. The average molecular weight is 419 g/mol. The first kappa shape index (κ1) is 21.1. The van der Waals surface area contributed by atoms with Crippen LogP contribution in [0.4, 0.5) is 8.78 Å². The summed E-state index contributed by atoms with van der Waals surface area (Å²) < 4.78 is 57.9. The molecule has 0 aliphatic carbocycles. The minimum atomic E-state index is -4.31. The summed E-state index contributed by atoms with van der Waals surface area (Å²) in [6.45, 7) is 3.36. The van der Waals surface area contributed by atoms with Crippen molar-refractivity contribution in [3.63, 3.8) is 0 Å². The van der Waals surface area contributed by atoms with Crippen molar-refractivity contribution < 1.29 is 31.8 Å².